The van der Waals surface area contributed by atoms with Gasteiger partial charge in [-0.05, 0) is 79.2 Å². The maximum atomic E-state index is 13.3. The SMILES string of the molecule is CCc1cccc2c1CCC(C(=O)N1CCC(c3ccccc3C)CC1)CC2O. The summed E-state index contributed by atoms with van der Waals surface area (Å²) in [6.45, 7) is 6.01. The average Bonchev–Trinajstić information content (AvgIpc) is 2.93. The van der Waals surface area contributed by atoms with Gasteiger partial charge in [-0.3, -0.25) is 4.79 Å². The highest BCUT2D eigenvalue weighted by atomic mass is 16.3. The van der Waals surface area contributed by atoms with Crippen LogP contribution in [0.4, 0.5) is 0 Å². The molecule has 1 saturated heterocycles. The Hall–Kier alpha value is -2.13. The number of likely N-dealkylation sites (tertiary alicyclic amines) is 1. The van der Waals surface area contributed by atoms with Gasteiger partial charge in [-0.25, -0.2) is 0 Å². The number of carbonyl (C=O) groups excluding carboxylic acids is 1. The minimum absolute atomic E-state index is 0.0721. The number of amides is 1. The molecule has 2 atom stereocenters. The van der Waals surface area contributed by atoms with Gasteiger partial charge in [0.2, 0.25) is 5.91 Å². The number of nitrogens with zero attached hydrogens (tertiary/aromatic N) is 1. The number of piperidine rings is 1. The second kappa shape index (κ2) is 8.71. The van der Waals surface area contributed by atoms with Crippen LogP contribution in [-0.2, 0) is 17.6 Å². The standard InChI is InChI=1S/C26H33NO2/c1-3-19-8-6-10-24-23(19)12-11-21(17-25(24)28)26(29)27-15-13-20(14-16-27)22-9-5-4-7-18(22)2/h4-10,20-21,25,28H,3,11-17H2,1-2H3. The van der Waals surface area contributed by atoms with E-state index in [0.29, 0.717) is 12.3 Å². The Kier molecular flexibility index (Phi) is 6.05. The van der Waals surface area contributed by atoms with E-state index in [-0.39, 0.29) is 11.8 Å². The van der Waals surface area contributed by atoms with Crippen LogP contribution in [0.1, 0.15) is 72.4 Å². The quantitative estimate of drug-likeness (QED) is 0.752. The number of fused-ring (bicyclic) bond motifs is 1. The van der Waals surface area contributed by atoms with Crippen molar-refractivity contribution in [2.45, 2.75) is 64.4 Å². The van der Waals surface area contributed by atoms with Crippen LogP contribution in [0.15, 0.2) is 42.5 Å². The lowest BCUT2D eigenvalue weighted by Crippen LogP contribution is -2.41. The predicted octanol–water partition coefficient (Wildman–Crippen LogP) is 4.95. The summed E-state index contributed by atoms with van der Waals surface area (Å²) < 4.78 is 0. The van der Waals surface area contributed by atoms with Gasteiger partial charge in [-0.2, -0.15) is 0 Å². The van der Waals surface area contributed by atoms with Crippen LogP contribution in [-0.4, -0.2) is 29.0 Å². The topological polar surface area (TPSA) is 40.5 Å². The Labute approximate surface area is 174 Å². The van der Waals surface area contributed by atoms with E-state index in [4.69, 9.17) is 0 Å². The summed E-state index contributed by atoms with van der Waals surface area (Å²) in [5, 5.41) is 10.8. The molecule has 0 aromatic heterocycles. The molecule has 1 aliphatic carbocycles. The molecule has 2 aliphatic rings. The molecule has 3 nitrogen and oxygen atoms in total. The molecule has 1 heterocycles. The predicted molar refractivity (Wildman–Crippen MR) is 117 cm³/mol. The molecule has 4 rings (SSSR count). The van der Waals surface area contributed by atoms with E-state index >= 15 is 0 Å². The molecule has 2 aromatic carbocycles. The van der Waals surface area contributed by atoms with Crippen LogP contribution in [0.25, 0.3) is 0 Å². The van der Waals surface area contributed by atoms with E-state index in [0.717, 1.165) is 50.8 Å². The highest BCUT2D eigenvalue weighted by Crippen LogP contribution is 2.36. The van der Waals surface area contributed by atoms with Crippen LogP contribution < -0.4 is 0 Å². The first-order valence-corrected chi connectivity index (χ1v) is 11.2. The highest BCUT2D eigenvalue weighted by molar-refractivity contribution is 5.79. The molecule has 0 bridgehead atoms. The third-order valence-electron chi connectivity index (χ3n) is 7.08. The molecular formula is C26H33NO2. The van der Waals surface area contributed by atoms with Crippen molar-refractivity contribution in [3.63, 3.8) is 0 Å². The van der Waals surface area contributed by atoms with Gasteiger partial charge in [-0.1, -0.05) is 49.4 Å². The van der Waals surface area contributed by atoms with Crippen LogP contribution in [0.2, 0.25) is 0 Å². The number of aryl methyl sites for hydroxylation is 2. The van der Waals surface area contributed by atoms with Crippen molar-refractivity contribution in [3.8, 4) is 0 Å². The summed E-state index contributed by atoms with van der Waals surface area (Å²) in [6.07, 6.45) is 4.80. The normalized spacial score (nSPS) is 22.8. The number of benzene rings is 2. The zero-order chi connectivity index (χ0) is 20.4. The second-order valence-electron chi connectivity index (χ2n) is 8.78. The summed E-state index contributed by atoms with van der Waals surface area (Å²) in [6, 6.07) is 14.9. The zero-order valence-electron chi connectivity index (χ0n) is 17.7. The van der Waals surface area contributed by atoms with E-state index in [1.807, 2.05) is 12.1 Å². The maximum Gasteiger partial charge on any atom is 0.225 e. The molecule has 1 aliphatic heterocycles. The van der Waals surface area contributed by atoms with Crippen molar-refractivity contribution in [2.24, 2.45) is 5.92 Å². The molecule has 2 unspecified atom stereocenters. The lowest BCUT2D eigenvalue weighted by molar-refractivity contribution is -0.137. The molecule has 154 valence electrons. The van der Waals surface area contributed by atoms with Crippen molar-refractivity contribution in [1.29, 1.82) is 0 Å². The lowest BCUT2D eigenvalue weighted by Gasteiger charge is -2.35. The van der Waals surface area contributed by atoms with Crippen LogP contribution >= 0.6 is 0 Å². The maximum absolute atomic E-state index is 13.3. The number of hydrogen-bond acceptors (Lipinski definition) is 2. The number of aliphatic hydroxyl groups excluding tert-OH is 1. The molecule has 0 saturated carbocycles. The van der Waals surface area contributed by atoms with E-state index in [1.165, 1.54) is 22.3 Å². The van der Waals surface area contributed by atoms with E-state index in [2.05, 4.69) is 49.1 Å². The molecule has 3 heteroatoms. The van der Waals surface area contributed by atoms with E-state index in [9.17, 15) is 9.90 Å². The number of hydrogen-bond donors (Lipinski definition) is 1. The van der Waals surface area contributed by atoms with Crippen LogP contribution in [0.5, 0.6) is 0 Å². The summed E-state index contributed by atoms with van der Waals surface area (Å²) in [5.74, 6) is 0.728. The molecule has 2 aromatic rings. The molecule has 1 fully saturated rings. The molecule has 0 radical (unpaired) electrons. The third-order valence-corrected chi connectivity index (χ3v) is 7.08. The number of aliphatic hydroxyl groups is 1. The van der Waals surface area contributed by atoms with Gasteiger partial charge in [0.15, 0.2) is 0 Å². The zero-order valence-corrected chi connectivity index (χ0v) is 17.7. The smallest absolute Gasteiger partial charge is 0.225 e. The van der Waals surface area contributed by atoms with Gasteiger partial charge in [0.25, 0.3) is 0 Å². The largest absolute Gasteiger partial charge is 0.388 e. The molecular weight excluding hydrogens is 358 g/mol. The van der Waals surface area contributed by atoms with Crippen molar-refractivity contribution >= 4 is 5.91 Å². The Morgan fingerprint density at radius 3 is 2.48 bits per heavy atom. The van der Waals surface area contributed by atoms with Gasteiger partial charge in [0.1, 0.15) is 0 Å². The lowest BCUT2D eigenvalue weighted by atomic mass is 9.86. The van der Waals surface area contributed by atoms with Gasteiger partial charge in [-0.15, -0.1) is 0 Å². The first-order valence-electron chi connectivity index (χ1n) is 11.2. The first-order chi connectivity index (χ1) is 14.1. The van der Waals surface area contributed by atoms with Crippen molar-refractivity contribution in [1.82, 2.24) is 4.90 Å². The Bertz CT molecular complexity index is 867. The molecule has 1 amide bonds. The summed E-state index contributed by atoms with van der Waals surface area (Å²) in [7, 11) is 0. The van der Waals surface area contributed by atoms with Crippen LogP contribution in [0.3, 0.4) is 0 Å². The highest BCUT2D eigenvalue weighted by Gasteiger charge is 2.33. The molecule has 1 N–H and O–H groups in total. The van der Waals surface area contributed by atoms with Gasteiger partial charge in [0.05, 0.1) is 6.10 Å². The van der Waals surface area contributed by atoms with Gasteiger partial charge >= 0.3 is 0 Å². The fourth-order valence-corrected chi connectivity index (χ4v) is 5.37. The molecule has 0 spiro atoms. The number of rotatable bonds is 3. The Balaban J connectivity index is 1.41. The monoisotopic (exact) mass is 391 g/mol. The Morgan fingerprint density at radius 2 is 1.76 bits per heavy atom. The van der Waals surface area contributed by atoms with Crippen LogP contribution in [0, 0.1) is 12.8 Å². The van der Waals surface area contributed by atoms with Crippen molar-refractivity contribution < 1.29 is 9.90 Å². The summed E-state index contributed by atoms with van der Waals surface area (Å²) in [5.41, 5.74) is 6.42. The van der Waals surface area contributed by atoms with E-state index < -0.39 is 6.10 Å². The van der Waals surface area contributed by atoms with Gasteiger partial charge in [0, 0.05) is 19.0 Å². The van der Waals surface area contributed by atoms with Crippen molar-refractivity contribution in [3.05, 3.63) is 70.3 Å². The summed E-state index contributed by atoms with van der Waals surface area (Å²) >= 11 is 0. The summed E-state index contributed by atoms with van der Waals surface area (Å²) in [4.78, 5) is 15.3. The fraction of sp³-hybridized carbons (Fsp3) is 0.500. The average molecular weight is 392 g/mol. The van der Waals surface area contributed by atoms with Gasteiger partial charge < -0.3 is 10.0 Å². The fourth-order valence-electron chi connectivity index (χ4n) is 5.37. The Morgan fingerprint density at radius 1 is 1.03 bits per heavy atom. The second-order valence-corrected chi connectivity index (χ2v) is 8.78. The minimum Gasteiger partial charge on any atom is -0.388 e. The minimum atomic E-state index is -0.530. The van der Waals surface area contributed by atoms with Crippen molar-refractivity contribution in [2.75, 3.05) is 13.1 Å². The number of carbonyl (C=O) groups is 1. The van der Waals surface area contributed by atoms with E-state index in [1.54, 1.807) is 0 Å². The molecule has 29 heavy (non-hydrogen) atoms. The third kappa shape index (κ3) is 4.11. The first kappa shape index (κ1) is 20.2.